The highest BCUT2D eigenvalue weighted by molar-refractivity contribution is 7.92. The minimum atomic E-state index is -3.67. The van der Waals surface area contributed by atoms with Crippen LogP contribution in [-0.2, 0) is 19.6 Å². The second kappa shape index (κ2) is 5.48. The number of sulfonamides is 1. The summed E-state index contributed by atoms with van der Waals surface area (Å²) in [5, 5.41) is 5.88. The summed E-state index contributed by atoms with van der Waals surface area (Å²) in [6, 6.07) is 0.00988. The molecule has 0 aliphatic heterocycles. The topological polar surface area (TPSA) is 123 Å². The van der Waals surface area contributed by atoms with Crippen molar-refractivity contribution in [2.45, 2.75) is 6.42 Å². The number of H-pyrrole nitrogens is 1. The Bertz CT molecular complexity index is 482. The summed E-state index contributed by atoms with van der Waals surface area (Å²) in [4.78, 5) is 14.5. The quantitative estimate of drug-likeness (QED) is 0.639. The molecule has 0 saturated carbocycles. The van der Waals surface area contributed by atoms with E-state index < -0.39 is 21.7 Å². The van der Waals surface area contributed by atoms with E-state index in [-0.39, 0.29) is 18.4 Å². The van der Waals surface area contributed by atoms with Gasteiger partial charge in [-0.05, 0) is 0 Å². The van der Waals surface area contributed by atoms with E-state index in [2.05, 4.69) is 29.4 Å². The number of carbonyl (C=O) groups excluding carboxylic acids is 1. The van der Waals surface area contributed by atoms with Crippen LogP contribution in [-0.4, -0.2) is 49.5 Å². The van der Waals surface area contributed by atoms with Gasteiger partial charge in [-0.2, -0.15) is 4.98 Å². The average molecular weight is 264 g/mol. The molecular weight excluding hydrogens is 252 g/mol. The Balaban J connectivity index is 2.57. The van der Waals surface area contributed by atoms with Crippen LogP contribution in [0.1, 0.15) is 6.42 Å². The van der Waals surface area contributed by atoms with Gasteiger partial charge < -0.3 is 9.47 Å². The van der Waals surface area contributed by atoms with Crippen LogP contribution in [0.5, 0.6) is 6.01 Å². The third-order valence-corrected chi connectivity index (χ3v) is 2.95. The van der Waals surface area contributed by atoms with Gasteiger partial charge in [-0.1, -0.05) is 0 Å². The molecule has 1 aromatic heterocycles. The summed E-state index contributed by atoms with van der Waals surface area (Å²) in [6.07, 6.45) is -0.239. The van der Waals surface area contributed by atoms with Crippen molar-refractivity contribution in [3.63, 3.8) is 0 Å². The van der Waals surface area contributed by atoms with Gasteiger partial charge in [0, 0.05) is 0 Å². The maximum Gasteiger partial charge on any atom is 0.336 e. The summed E-state index contributed by atoms with van der Waals surface area (Å²) in [5.41, 5.74) is 0. The molecule has 96 valence electrons. The average Bonchev–Trinajstić information content (AvgIpc) is 2.73. The Morgan fingerprint density at radius 2 is 2.18 bits per heavy atom. The van der Waals surface area contributed by atoms with Crippen LogP contribution in [0.2, 0.25) is 0 Å². The van der Waals surface area contributed by atoms with Gasteiger partial charge in [0.25, 0.3) is 0 Å². The minimum absolute atomic E-state index is 0.00988. The largest absolute Gasteiger partial charge is 0.469 e. The molecule has 0 amide bonds. The molecule has 0 aliphatic rings. The van der Waals surface area contributed by atoms with Gasteiger partial charge >= 0.3 is 12.0 Å². The lowest BCUT2D eigenvalue weighted by Crippen LogP contribution is -2.20. The van der Waals surface area contributed by atoms with Gasteiger partial charge in [-0.15, -0.1) is 5.10 Å². The molecule has 1 rings (SSSR count). The molecule has 2 N–H and O–H groups in total. The van der Waals surface area contributed by atoms with E-state index in [0.29, 0.717) is 0 Å². The fourth-order valence-electron chi connectivity index (χ4n) is 0.901. The van der Waals surface area contributed by atoms with Crippen molar-refractivity contribution >= 4 is 21.9 Å². The highest BCUT2D eigenvalue weighted by Crippen LogP contribution is 2.07. The lowest BCUT2D eigenvalue weighted by atomic mass is 10.5. The van der Waals surface area contributed by atoms with Gasteiger partial charge in [0.15, 0.2) is 0 Å². The molecule has 10 heteroatoms. The van der Waals surface area contributed by atoms with E-state index in [1.165, 1.54) is 14.2 Å². The zero-order valence-electron chi connectivity index (χ0n) is 9.26. The molecule has 0 spiro atoms. The molecule has 0 radical (unpaired) electrons. The van der Waals surface area contributed by atoms with E-state index in [4.69, 9.17) is 0 Å². The van der Waals surface area contributed by atoms with Crippen LogP contribution >= 0.6 is 0 Å². The summed E-state index contributed by atoms with van der Waals surface area (Å²) in [5.74, 6) is -1.08. The summed E-state index contributed by atoms with van der Waals surface area (Å²) < 4.78 is 34.0. The van der Waals surface area contributed by atoms with Crippen molar-refractivity contribution in [2.24, 2.45) is 0 Å². The molecule has 0 aliphatic carbocycles. The van der Waals surface area contributed by atoms with Crippen molar-refractivity contribution in [1.29, 1.82) is 0 Å². The Morgan fingerprint density at radius 1 is 1.47 bits per heavy atom. The van der Waals surface area contributed by atoms with Crippen molar-refractivity contribution in [3.05, 3.63) is 0 Å². The highest BCUT2D eigenvalue weighted by Gasteiger charge is 2.15. The summed E-state index contributed by atoms with van der Waals surface area (Å²) in [6.45, 7) is 0. The Labute approximate surface area is 97.6 Å². The van der Waals surface area contributed by atoms with E-state index >= 15 is 0 Å². The number of aromatic nitrogens is 3. The lowest BCUT2D eigenvalue weighted by Gasteiger charge is -2.03. The Hall–Kier alpha value is -1.84. The predicted octanol–water partition coefficient (Wildman–Crippen LogP) is -0.882. The zero-order chi connectivity index (χ0) is 12.9. The number of anilines is 1. The normalized spacial score (nSPS) is 10.9. The van der Waals surface area contributed by atoms with Crippen molar-refractivity contribution < 1.29 is 22.7 Å². The second-order valence-corrected chi connectivity index (χ2v) is 4.76. The maximum absolute atomic E-state index is 11.5. The van der Waals surface area contributed by atoms with Crippen LogP contribution < -0.4 is 9.46 Å². The monoisotopic (exact) mass is 264 g/mol. The number of rotatable bonds is 6. The van der Waals surface area contributed by atoms with Gasteiger partial charge in [-0.3, -0.25) is 9.52 Å². The van der Waals surface area contributed by atoms with Crippen molar-refractivity contribution in [1.82, 2.24) is 15.2 Å². The fraction of sp³-hybridized carbons (Fsp3) is 0.571. The number of hydrogen-bond donors (Lipinski definition) is 2. The van der Waals surface area contributed by atoms with Crippen LogP contribution in [0, 0.1) is 0 Å². The lowest BCUT2D eigenvalue weighted by molar-refractivity contribution is -0.140. The third-order valence-electron chi connectivity index (χ3n) is 1.70. The molecule has 9 nitrogen and oxygen atoms in total. The first-order valence-electron chi connectivity index (χ1n) is 4.50. The maximum atomic E-state index is 11.5. The molecule has 0 fully saturated rings. The fourth-order valence-corrected chi connectivity index (χ4v) is 1.82. The van der Waals surface area contributed by atoms with E-state index in [1.54, 1.807) is 0 Å². The number of ether oxygens (including phenoxy) is 2. The number of nitrogens with zero attached hydrogens (tertiary/aromatic N) is 2. The molecule has 0 unspecified atom stereocenters. The number of hydrogen-bond acceptors (Lipinski definition) is 7. The Morgan fingerprint density at radius 3 is 2.71 bits per heavy atom. The van der Waals surface area contributed by atoms with Crippen LogP contribution in [0.3, 0.4) is 0 Å². The zero-order valence-corrected chi connectivity index (χ0v) is 10.1. The van der Waals surface area contributed by atoms with Gasteiger partial charge in [0.1, 0.15) is 0 Å². The first kappa shape index (κ1) is 13.2. The number of methoxy groups -OCH3 is 2. The third kappa shape index (κ3) is 4.26. The van der Waals surface area contributed by atoms with Crippen LogP contribution in [0.25, 0.3) is 0 Å². The smallest absolute Gasteiger partial charge is 0.336 e. The van der Waals surface area contributed by atoms with Gasteiger partial charge in [0.2, 0.25) is 16.0 Å². The number of carbonyl (C=O) groups is 1. The van der Waals surface area contributed by atoms with Gasteiger partial charge in [-0.25, -0.2) is 13.5 Å². The van der Waals surface area contributed by atoms with Crippen molar-refractivity contribution in [3.8, 4) is 6.01 Å². The summed E-state index contributed by atoms with van der Waals surface area (Å²) in [7, 11) is -1.14. The molecule has 1 aromatic rings. The molecule has 17 heavy (non-hydrogen) atoms. The molecule has 0 bridgehead atoms. The number of aromatic amines is 1. The molecule has 0 saturated heterocycles. The van der Waals surface area contributed by atoms with Crippen molar-refractivity contribution in [2.75, 3.05) is 24.7 Å². The van der Waals surface area contributed by atoms with E-state index in [1.807, 2.05) is 0 Å². The summed E-state index contributed by atoms with van der Waals surface area (Å²) >= 11 is 0. The predicted molar refractivity (Wildman–Crippen MR) is 57.0 cm³/mol. The van der Waals surface area contributed by atoms with Crippen LogP contribution in [0.15, 0.2) is 0 Å². The molecular formula is C7H12N4O5S. The molecule has 1 heterocycles. The van der Waals surface area contributed by atoms with E-state index in [9.17, 15) is 13.2 Å². The first-order chi connectivity index (χ1) is 7.96. The standard InChI is InChI=1S/C7H12N4O5S/c1-15-5(12)3-4-17(13,14)11-6-8-7(16-2)10-9-6/h3-4H2,1-2H3,(H2,8,9,10,11). The first-order valence-corrected chi connectivity index (χ1v) is 6.16. The second-order valence-electron chi connectivity index (χ2n) is 2.92. The number of nitrogens with one attached hydrogen (secondary N) is 2. The Kier molecular flexibility index (Phi) is 4.26. The minimum Gasteiger partial charge on any atom is -0.469 e. The van der Waals surface area contributed by atoms with Crippen LogP contribution in [0.4, 0.5) is 5.95 Å². The molecule has 0 aromatic carbocycles. The SMILES string of the molecule is COC(=O)CCS(=O)(=O)Nc1nc(OC)n[nH]1. The highest BCUT2D eigenvalue weighted by atomic mass is 32.2. The van der Waals surface area contributed by atoms with E-state index in [0.717, 1.165) is 0 Å². The number of esters is 1. The molecule has 0 atom stereocenters. The van der Waals surface area contributed by atoms with Gasteiger partial charge in [0.05, 0.1) is 26.4 Å².